The van der Waals surface area contributed by atoms with Gasteiger partial charge in [-0.25, -0.2) is 4.99 Å². The van der Waals surface area contributed by atoms with Gasteiger partial charge in [0.1, 0.15) is 0 Å². The molecule has 0 amide bonds. The van der Waals surface area contributed by atoms with Gasteiger partial charge in [0.15, 0.2) is 0 Å². The maximum absolute atomic E-state index is 4.66. The van der Waals surface area contributed by atoms with E-state index in [-0.39, 0.29) is 11.5 Å². The Morgan fingerprint density at radius 3 is 2.75 bits per heavy atom. The molecule has 16 heavy (non-hydrogen) atoms. The van der Waals surface area contributed by atoms with Crippen molar-refractivity contribution in [3.8, 4) is 0 Å². The molecule has 1 aromatic rings. The maximum atomic E-state index is 4.66. The van der Waals surface area contributed by atoms with E-state index >= 15 is 0 Å². The second kappa shape index (κ2) is 5.65. The van der Waals surface area contributed by atoms with Gasteiger partial charge in [0, 0.05) is 12.4 Å². The summed E-state index contributed by atoms with van der Waals surface area (Å²) in [5, 5.41) is 4.17. The van der Waals surface area contributed by atoms with E-state index in [0.717, 1.165) is 6.54 Å². The molecule has 0 N–H and O–H groups in total. The number of nitrogens with zero attached hydrogens (tertiary/aromatic N) is 3. The number of hydrogen-bond donors (Lipinski definition) is 0. The molecule has 0 saturated heterocycles. The molecule has 0 spiro atoms. The van der Waals surface area contributed by atoms with Gasteiger partial charge in [0.25, 0.3) is 0 Å². The first-order chi connectivity index (χ1) is 7.54. The van der Waals surface area contributed by atoms with Crippen LogP contribution in [-0.4, -0.2) is 29.3 Å². The summed E-state index contributed by atoms with van der Waals surface area (Å²) < 4.78 is 1.86. The van der Waals surface area contributed by atoms with Crippen LogP contribution < -0.4 is 0 Å². The lowest BCUT2D eigenvalue weighted by Gasteiger charge is -2.26. The van der Waals surface area contributed by atoms with Crippen molar-refractivity contribution in [3.05, 3.63) is 18.5 Å². The molecule has 1 rings (SSSR count). The van der Waals surface area contributed by atoms with E-state index in [0.29, 0.717) is 0 Å². The number of rotatable bonds is 5. The molecule has 0 aliphatic rings. The summed E-state index contributed by atoms with van der Waals surface area (Å²) in [5.74, 6) is 0. The molecule has 0 unspecified atom stereocenters. The van der Waals surface area contributed by atoms with Crippen molar-refractivity contribution in [1.82, 2.24) is 9.78 Å². The summed E-state index contributed by atoms with van der Waals surface area (Å²) in [6.45, 7) is 7.11. The lowest BCUT2D eigenvalue weighted by atomic mass is 9.87. The van der Waals surface area contributed by atoms with Gasteiger partial charge in [-0.15, -0.1) is 0 Å². The predicted molar refractivity (Wildman–Crippen MR) is 62.1 cm³/mol. The Kier molecular flexibility index (Phi) is 4.49. The highest BCUT2D eigenvalue weighted by Crippen LogP contribution is 2.23. The Balaban J connectivity index is 2.65. The third-order valence-electron chi connectivity index (χ3n) is 2.30. The minimum atomic E-state index is 0.0412. The summed E-state index contributed by atoms with van der Waals surface area (Å²) in [6.07, 6.45) is 5.01. The van der Waals surface area contributed by atoms with Crippen molar-refractivity contribution < 1.29 is 9.78 Å². The van der Waals surface area contributed by atoms with Gasteiger partial charge in [0.2, 0.25) is 6.40 Å². The maximum Gasteiger partial charge on any atom is 0.215 e. The number of aromatic nitrogens is 2. The molecule has 0 radical (unpaired) electrons. The largest absolute Gasteiger partial charge is 0.326 e. The minimum absolute atomic E-state index is 0.0412. The highest BCUT2D eigenvalue weighted by atomic mass is 17.2. The molecule has 0 bridgehead atoms. The van der Waals surface area contributed by atoms with Gasteiger partial charge in [-0.3, -0.25) is 4.68 Å². The summed E-state index contributed by atoms with van der Waals surface area (Å²) in [6, 6.07) is 1.98. The third kappa shape index (κ3) is 4.02. The van der Waals surface area contributed by atoms with E-state index in [1.165, 1.54) is 13.5 Å². The molecule has 0 fully saturated rings. The first kappa shape index (κ1) is 12.7. The van der Waals surface area contributed by atoms with E-state index in [2.05, 4.69) is 40.6 Å². The lowest BCUT2D eigenvalue weighted by molar-refractivity contribution is -0.188. The number of hydrogen-bond acceptors (Lipinski definition) is 4. The van der Waals surface area contributed by atoms with Gasteiger partial charge >= 0.3 is 0 Å². The van der Waals surface area contributed by atoms with Crippen LogP contribution in [0, 0.1) is 5.41 Å². The molecule has 0 aliphatic heterocycles. The highest BCUT2D eigenvalue weighted by molar-refractivity contribution is 5.45. The summed E-state index contributed by atoms with van der Waals surface area (Å²) in [4.78, 5) is 13.5. The standard InChI is InChI=1S/C11H19N3O2/c1-11(2,3)10(12-9-16-15-4)8-14-7-5-6-13-14/h5-7,9-10H,8H2,1-4H3/t10-/m0/s1. The minimum Gasteiger partial charge on any atom is -0.326 e. The van der Waals surface area contributed by atoms with E-state index < -0.39 is 0 Å². The highest BCUT2D eigenvalue weighted by Gasteiger charge is 2.24. The first-order valence-corrected chi connectivity index (χ1v) is 5.22. The van der Waals surface area contributed by atoms with Crippen LogP contribution in [0.5, 0.6) is 0 Å². The Labute approximate surface area is 96.0 Å². The van der Waals surface area contributed by atoms with Crippen molar-refractivity contribution in [2.45, 2.75) is 33.4 Å². The Morgan fingerprint density at radius 1 is 1.50 bits per heavy atom. The van der Waals surface area contributed by atoms with Gasteiger partial charge in [-0.05, 0) is 11.5 Å². The van der Waals surface area contributed by atoms with Crippen LogP contribution in [-0.2, 0) is 16.3 Å². The molecular formula is C11H19N3O2. The van der Waals surface area contributed by atoms with Crippen LogP contribution in [0.2, 0.25) is 0 Å². The first-order valence-electron chi connectivity index (χ1n) is 5.22. The normalized spacial score (nSPS) is 14.2. The molecular weight excluding hydrogens is 206 g/mol. The SMILES string of the molecule is COOC=N[C@@H](Cn1cccn1)C(C)(C)C. The van der Waals surface area contributed by atoms with E-state index in [9.17, 15) is 0 Å². The van der Waals surface area contributed by atoms with Gasteiger partial charge in [0.05, 0.1) is 19.7 Å². The number of aliphatic imine (C=N–C) groups is 1. The van der Waals surface area contributed by atoms with Crippen molar-refractivity contribution in [1.29, 1.82) is 0 Å². The van der Waals surface area contributed by atoms with Crippen LogP contribution >= 0.6 is 0 Å². The fraction of sp³-hybridized carbons (Fsp3) is 0.636. The smallest absolute Gasteiger partial charge is 0.215 e. The second-order valence-electron chi connectivity index (χ2n) is 4.63. The van der Waals surface area contributed by atoms with Crippen molar-refractivity contribution >= 4 is 6.40 Å². The van der Waals surface area contributed by atoms with E-state index in [1.807, 2.05) is 16.9 Å². The molecule has 5 heteroatoms. The molecule has 5 nitrogen and oxygen atoms in total. The average molecular weight is 225 g/mol. The van der Waals surface area contributed by atoms with Crippen LogP contribution in [0.3, 0.4) is 0 Å². The van der Waals surface area contributed by atoms with Crippen molar-refractivity contribution in [2.75, 3.05) is 7.11 Å². The monoisotopic (exact) mass is 225 g/mol. The molecule has 0 aliphatic carbocycles. The van der Waals surface area contributed by atoms with E-state index in [1.54, 1.807) is 6.20 Å². The molecule has 0 aromatic carbocycles. The van der Waals surface area contributed by atoms with Crippen LogP contribution in [0.15, 0.2) is 23.5 Å². The Hall–Kier alpha value is -1.36. The predicted octanol–water partition coefficient (Wildman–Crippen LogP) is 1.90. The van der Waals surface area contributed by atoms with E-state index in [4.69, 9.17) is 0 Å². The molecule has 1 aromatic heterocycles. The zero-order valence-corrected chi connectivity index (χ0v) is 10.3. The van der Waals surface area contributed by atoms with Gasteiger partial charge in [-0.1, -0.05) is 20.8 Å². The average Bonchev–Trinajstić information content (AvgIpc) is 2.67. The summed E-state index contributed by atoms with van der Waals surface area (Å²) >= 11 is 0. The van der Waals surface area contributed by atoms with Crippen LogP contribution in [0.25, 0.3) is 0 Å². The fourth-order valence-electron chi connectivity index (χ4n) is 1.27. The zero-order chi connectivity index (χ0) is 12.0. The summed E-state index contributed by atoms with van der Waals surface area (Å²) in [7, 11) is 1.45. The Bertz CT molecular complexity index is 314. The molecule has 90 valence electrons. The van der Waals surface area contributed by atoms with Crippen LogP contribution in [0.4, 0.5) is 0 Å². The van der Waals surface area contributed by atoms with Gasteiger partial charge < -0.3 is 4.89 Å². The van der Waals surface area contributed by atoms with Crippen LogP contribution in [0.1, 0.15) is 20.8 Å². The zero-order valence-electron chi connectivity index (χ0n) is 10.3. The van der Waals surface area contributed by atoms with Crippen molar-refractivity contribution in [3.63, 3.8) is 0 Å². The lowest BCUT2D eigenvalue weighted by Crippen LogP contribution is -2.29. The second-order valence-corrected chi connectivity index (χ2v) is 4.63. The third-order valence-corrected chi connectivity index (χ3v) is 2.30. The Morgan fingerprint density at radius 2 is 2.25 bits per heavy atom. The topological polar surface area (TPSA) is 48.6 Å². The van der Waals surface area contributed by atoms with Crippen molar-refractivity contribution in [2.24, 2.45) is 10.4 Å². The fourth-order valence-corrected chi connectivity index (χ4v) is 1.27. The molecule has 0 saturated carbocycles. The molecule has 1 atom stereocenters. The quantitative estimate of drug-likeness (QED) is 0.333. The van der Waals surface area contributed by atoms with Gasteiger partial charge in [-0.2, -0.15) is 9.99 Å². The molecule has 1 heterocycles. The summed E-state index contributed by atoms with van der Waals surface area (Å²) in [5.41, 5.74) is 0.0412.